The van der Waals surface area contributed by atoms with Crippen molar-refractivity contribution >= 4 is 54.7 Å². The van der Waals surface area contributed by atoms with Gasteiger partial charge in [-0.25, -0.2) is 9.38 Å². The number of hydrogen-bond donors (Lipinski definition) is 5. The standard InChI is InChI=1S/C22H21FN5O2PS/c23-14-3-1-12(2-4-14)10-27-22(30)18(20(29)19(25)13-7-8-32-11-13)21(26)28-16-6-5-15(24)9-17(16)31/h1-9,11,25,29H,10,24,31H2,(H2,26,28)(H,27,30)/b20-18+,25-19?. The number of carbonyl (C=O) groups excluding carboxylic acids is 1. The van der Waals surface area contributed by atoms with E-state index in [9.17, 15) is 14.3 Å². The first kappa shape index (κ1) is 23.1. The number of amidine groups is 1. The summed E-state index contributed by atoms with van der Waals surface area (Å²) in [7, 11) is 2.47. The van der Waals surface area contributed by atoms with Gasteiger partial charge in [0, 0.05) is 23.2 Å². The van der Waals surface area contributed by atoms with Gasteiger partial charge in [0.25, 0.3) is 5.91 Å². The lowest BCUT2D eigenvalue weighted by Gasteiger charge is -2.13. The monoisotopic (exact) mass is 469 g/mol. The number of allylic oxidation sites excluding steroid dienone is 1. The van der Waals surface area contributed by atoms with Crippen molar-refractivity contribution in [3.8, 4) is 0 Å². The van der Waals surface area contributed by atoms with Gasteiger partial charge in [-0.2, -0.15) is 11.3 Å². The maximum absolute atomic E-state index is 13.1. The minimum absolute atomic E-state index is 0.0612. The molecule has 2 aromatic carbocycles. The van der Waals surface area contributed by atoms with Crippen LogP contribution in [0.5, 0.6) is 0 Å². The highest BCUT2D eigenvalue weighted by Gasteiger charge is 2.23. The molecule has 0 aliphatic carbocycles. The smallest absolute Gasteiger partial charge is 0.259 e. The number of halogens is 1. The molecule has 0 aliphatic heterocycles. The fourth-order valence-electron chi connectivity index (χ4n) is 2.75. The summed E-state index contributed by atoms with van der Waals surface area (Å²) in [6.07, 6.45) is 0. The van der Waals surface area contributed by atoms with E-state index in [4.69, 9.17) is 16.9 Å². The van der Waals surface area contributed by atoms with Crippen molar-refractivity contribution in [2.75, 3.05) is 5.73 Å². The first-order valence-corrected chi connectivity index (χ1v) is 10.8. The summed E-state index contributed by atoms with van der Waals surface area (Å²) >= 11 is 1.35. The molecule has 0 saturated heterocycles. The van der Waals surface area contributed by atoms with Gasteiger partial charge in [-0.1, -0.05) is 12.1 Å². The number of nitrogens with zero attached hydrogens (tertiary/aromatic N) is 1. The van der Waals surface area contributed by atoms with Crippen LogP contribution in [-0.4, -0.2) is 22.6 Å². The Bertz CT molecular complexity index is 1210. The summed E-state index contributed by atoms with van der Waals surface area (Å²) in [6.45, 7) is 0.0612. The van der Waals surface area contributed by atoms with Gasteiger partial charge in [0.05, 0.1) is 5.69 Å². The van der Waals surface area contributed by atoms with Crippen molar-refractivity contribution in [3.05, 3.63) is 87.6 Å². The Hall–Kier alpha value is -3.55. The minimum atomic E-state index is -0.728. The topological polar surface area (TPSA) is 138 Å². The molecule has 0 fully saturated rings. The third kappa shape index (κ3) is 5.57. The van der Waals surface area contributed by atoms with Crippen molar-refractivity contribution in [2.24, 2.45) is 10.7 Å². The maximum atomic E-state index is 13.1. The van der Waals surface area contributed by atoms with Gasteiger partial charge in [-0.3, -0.25) is 10.2 Å². The molecule has 1 aromatic heterocycles. The molecule has 3 aromatic rings. The number of carbonyl (C=O) groups is 1. The SMILES string of the molecule is N=C(/C(O)=C(\C(=O)NCc1ccc(F)cc1)C(N)=Nc1ccc(N)cc1P)c1ccsc1. The zero-order valence-electron chi connectivity index (χ0n) is 16.8. The molecule has 0 radical (unpaired) electrons. The number of rotatable bonds is 7. The van der Waals surface area contributed by atoms with E-state index in [-0.39, 0.29) is 23.7 Å². The van der Waals surface area contributed by atoms with Gasteiger partial charge in [-0.05, 0) is 52.6 Å². The molecule has 1 atom stereocenters. The van der Waals surface area contributed by atoms with Crippen LogP contribution < -0.4 is 22.1 Å². The largest absolute Gasteiger partial charge is 0.505 e. The number of amides is 1. The maximum Gasteiger partial charge on any atom is 0.259 e. The van der Waals surface area contributed by atoms with Gasteiger partial charge in [-0.15, -0.1) is 9.24 Å². The van der Waals surface area contributed by atoms with Gasteiger partial charge in [0.15, 0.2) is 5.76 Å². The van der Waals surface area contributed by atoms with Crippen LogP contribution in [0, 0.1) is 11.2 Å². The van der Waals surface area contributed by atoms with Gasteiger partial charge in [0.2, 0.25) is 0 Å². The molecule has 0 bridgehead atoms. The van der Waals surface area contributed by atoms with Crippen molar-refractivity contribution in [2.45, 2.75) is 6.54 Å². The zero-order chi connectivity index (χ0) is 23.3. The third-order valence-corrected chi connectivity index (χ3v) is 5.57. The zero-order valence-corrected chi connectivity index (χ0v) is 18.8. The first-order valence-electron chi connectivity index (χ1n) is 9.33. The highest BCUT2D eigenvalue weighted by molar-refractivity contribution is 7.28. The summed E-state index contributed by atoms with van der Waals surface area (Å²) in [5, 5.41) is 25.8. The van der Waals surface area contributed by atoms with E-state index in [1.165, 1.54) is 35.6 Å². The van der Waals surface area contributed by atoms with Crippen LogP contribution in [0.4, 0.5) is 15.8 Å². The third-order valence-electron chi connectivity index (χ3n) is 4.43. The number of hydrogen-bond acceptors (Lipinski definition) is 6. The molecular formula is C22H21FN5O2PS. The number of aliphatic imine (C=N–C) groups is 1. The second kappa shape index (κ2) is 10.2. The second-order valence-electron chi connectivity index (χ2n) is 6.74. The average Bonchev–Trinajstić information content (AvgIpc) is 3.30. The van der Waals surface area contributed by atoms with Crippen LogP contribution in [0.2, 0.25) is 0 Å². The van der Waals surface area contributed by atoms with Gasteiger partial charge in [0.1, 0.15) is 22.9 Å². The lowest BCUT2D eigenvalue weighted by atomic mass is 10.1. The molecule has 32 heavy (non-hydrogen) atoms. The quantitative estimate of drug-likeness (QED) is 0.0906. The summed E-state index contributed by atoms with van der Waals surface area (Å²) in [5.41, 5.74) is 13.3. The van der Waals surface area contributed by atoms with Crippen LogP contribution in [0.1, 0.15) is 11.1 Å². The van der Waals surface area contributed by atoms with Crippen molar-refractivity contribution in [1.29, 1.82) is 5.41 Å². The highest BCUT2D eigenvalue weighted by Crippen LogP contribution is 2.19. The molecule has 3 rings (SSSR count). The number of benzene rings is 2. The van der Waals surface area contributed by atoms with Crippen LogP contribution in [0.15, 0.2) is 75.6 Å². The molecule has 7 nitrogen and oxygen atoms in total. The summed E-state index contributed by atoms with van der Waals surface area (Å²) < 4.78 is 13.1. The summed E-state index contributed by atoms with van der Waals surface area (Å²) in [4.78, 5) is 17.3. The number of thiophene rings is 1. The number of nitrogens with one attached hydrogen (secondary N) is 2. The van der Waals surface area contributed by atoms with Gasteiger partial charge >= 0.3 is 0 Å². The lowest BCUT2D eigenvalue weighted by Crippen LogP contribution is -2.34. The molecule has 1 unspecified atom stereocenters. The number of anilines is 1. The molecule has 0 saturated carbocycles. The first-order chi connectivity index (χ1) is 15.3. The summed E-state index contributed by atoms with van der Waals surface area (Å²) in [6, 6.07) is 12.2. The fourth-order valence-corrected chi connectivity index (χ4v) is 3.75. The normalized spacial score (nSPS) is 12.2. The van der Waals surface area contributed by atoms with Crippen LogP contribution >= 0.6 is 20.6 Å². The van der Waals surface area contributed by atoms with Crippen molar-refractivity contribution in [1.82, 2.24) is 5.32 Å². The molecule has 1 amide bonds. The van der Waals surface area contributed by atoms with Crippen LogP contribution in [0.3, 0.4) is 0 Å². The Morgan fingerprint density at radius 1 is 1.22 bits per heavy atom. The van der Waals surface area contributed by atoms with Crippen LogP contribution in [0.25, 0.3) is 0 Å². The van der Waals surface area contributed by atoms with E-state index < -0.39 is 17.5 Å². The van der Waals surface area contributed by atoms with Gasteiger partial charge < -0.3 is 21.9 Å². The predicted molar refractivity (Wildman–Crippen MR) is 131 cm³/mol. The minimum Gasteiger partial charge on any atom is -0.505 e. The number of aliphatic hydroxyl groups excluding tert-OH is 1. The molecule has 0 aliphatic rings. The second-order valence-corrected chi connectivity index (χ2v) is 8.14. The molecule has 0 spiro atoms. The Morgan fingerprint density at radius 3 is 2.56 bits per heavy atom. The average molecular weight is 469 g/mol. The fraction of sp³-hybridized carbons (Fsp3) is 0.0455. The van der Waals surface area contributed by atoms with E-state index in [0.29, 0.717) is 27.8 Å². The Labute approximate surface area is 190 Å². The van der Waals surface area contributed by atoms with E-state index >= 15 is 0 Å². The van der Waals surface area contributed by atoms with E-state index in [2.05, 4.69) is 19.5 Å². The highest BCUT2D eigenvalue weighted by atomic mass is 32.1. The molecular weight excluding hydrogens is 448 g/mol. The Morgan fingerprint density at radius 2 is 1.94 bits per heavy atom. The number of aliphatic hydroxyl groups is 1. The van der Waals surface area contributed by atoms with Crippen molar-refractivity contribution in [3.63, 3.8) is 0 Å². The Balaban J connectivity index is 1.97. The predicted octanol–water partition coefficient (Wildman–Crippen LogP) is 3.16. The molecule has 1 heterocycles. The number of nitrogen functional groups attached to an aromatic ring is 1. The van der Waals surface area contributed by atoms with E-state index in [0.717, 1.165) is 0 Å². The summed E-state index contributed by atoms with van der Waals surface area (Å²) in [5.74, 6) is -2.00. The molecule has 10 heteroatoms. The van der Waals surface area contributed by atoms with Crippen LogP contribution in [-0.2, 0) is 11.3 Å². The lowest BCUT2D eigenvalue weighted by molar-refractivity contribution is -0.117. The van der Waals surface area contributed by atoms with E-state index in [1.807, 2.05) is 0 Å². The molecule has 7 N–H and O–H groups in total. The van der Waals surface area contributed by atoms with Crippen molar-refractivity contribution < 1.29 is 14.3 Å². The number of nitrogens with two attached hydrogens (primary N) is 2. The van der Waals surface area contributed by atoms with E-state index in [1.54, 1.807) is 35.0 Å². The molecule has 164 valence electrons. The Kier molecular flexibility index (Phi) is 7.35.